The van der Waals surface area contributed by atoms with E-state index in [1.165, 1.54) is 0 Å². The molecule has 1 amide bonds. The lowest BCUT2D eigenvalue weighted by Gasteiger charge is -2.40. The molecule has 1 N–H and O–H groups in total. The number of aliphatic hydroxyl groups is 1. The molecule has 2 aromatic heterocycles. The molecular weight excluding hydrogens is 294 g/mol. The standard InChI is InChI=1S/C16H23N5O2/c1-19(2)9-16(23)5-4-6-21(10-16)15(22)12-7-13-14(17-8-12)20(3)11-18-13/h7-8,11,23H,4-6,9-10H2,1-3H3/t16-/m0/s1. The van der Waals surface area contributed by atoms with Crippen molar-refractivity contribution in [1.29, 1.82) is 0 Å². The highest BCUT2D eigenvalue weighted by Gasteiger charge is 2.36. The van der Waals surface area contributed by atoms with Gasteiger partial charge in [0.05, 0.1) is 24.0 Å². The number of carbonyl (C=O) groups is 1. The van der Waals surface area contributed by atoms with Gasteiger partial charge in [0, 0.05) is 26.3 Å². The number of rotatable bonds is 3. The molecule has 0 bridgehead atoms. The zero-order chi connectivity index (χ0) is 16.6. The molecule has 124 valence electrons. The Morgan fingerprint density at radius 3 is 2.96 bits per heavy atom. The number of imidazole rings is 1. The van der Waals surface area contributed by atoms with Gasteiger partial charge in [-0.1, -0.05) is 0 Å². The van der Waals surface area contributed by atoms with E-state index in [1.807, 2.05) is 30.6 Å². The number of likely N-dealkylation sites (tertiary alicyclic amines) is 1. The minimum Gasteiger partial charge on any atom is -0.387 e. The third-order valence-electron chi connectivity index (χ3n) is 4.25. The Kier molecular flexibility index (Phi) is 4.08. The molecule has 2 aromatic rings. The summed E-state index contributed by atoms with van der Waals surface area (Å²) in [7, 11) is 5.73. The van der Waals surface area contributed by atoms with Gasteiger partial charge in [0.25, 0.3) is 5.91 Å². The molecule has 1 aliphatic heterocycles. The number of aromatic nitrogens is 3. The first-order valence-electron chi connectivity index (χ1n) is 7.81. The Labute approximate surface area is 135 Å². The molecule has 0 radical (unpaired) electrons. The molecular formula is C16H23N5O2. The highest BCUT2D eigenvalue weighted by atomic mass is 16.3. The molecule has 0 aromatic carbocycles. The van der Waals surface area contributed by atoms with Crippen molar-refractivity contribution in [1.82, 2.24) is 24.3 Å². The van der Waals surface area contributed by atoms with Crippen molar-refractivity contribution in [2.24, 2.45) is 7.05 Å². The summed E-state index contributed by atoms with van der Waals surface area (Å²) >= 11 is 0. The third kappa shape index (κ3) is 3.20. The minimum absolute atomic E-state index is 0.0954. The first kappa shape index (κ1) is 15.9. The summed E-state index contributed by atoms with van der Waals surface area (Å²) in [6.45, 7) is 1.56. The molecule has 3 heterocycles. The van der Waals surface area contributed by atoms with Crippen LogP contribution in [0.4, 0.5) is 0 Å². The van der Waals surface area contributed by atoms with Crippen LogP contribution < -0.4 is 0 Å². The van der Waals surface area contributed by atoms with Gasteiger partial charge in [-0.25, -0.2) is 9.97 Å². The van der Waals surface area contributed by atoms with Crippen LogP contribution in [0.3, 0.4) is 0 Å². The number of hydrogen-bond donors (Lipinski definition) is 1. The molecule has 0 spiro atoms. The van der Waals surface area contributed by atoms with Crippen molar-refractivity contribution in [3.63, 3.8) is 0 Å². The fourth-order valence-electron chi connectivity index (χ4n) is 3.32. The van der Waals surface area contributed by atoms with E-state index in [4.69, 9.17) is 0 Å². The van der Waals surface area contributed by atoms with Gasteiger partial charge in [-0.2, -0.15) is 0 Å². The third-order valence-corrected chi connectivity index (χ3v) is 4.25. The number of fused-ring (bicyclic) bond motifs is 1. The molecule has 0 aliphatic carbocycles. The quantitative estimate of drug-likeness (QED) is 0.892. The smallest absolute Gasteiger partial charge is 0.255 e. The lowest BCUT2D eigenvalue weighted by molar-refractivity contribution is -0.0391. The number of carbonyl (C=O) groups excluding carboxylic acids is 1. The second kappa shape index (κ2) is 5.90. The van der Waals surface area contributed by atoms with E-state index in [9.17, 15) is 9.90 Å². The van der Waals surface area contributed by atoms with Crippen LogP contribution in [0.2, 0.25) is 0 Å². The van der Waals surface area contributed by atoms with Gasteiger partial charge in [0.1, 0.15) is 5.52 Å². The van der Waals surface area contributed by atoms with E-state index in [2.05, 4.69) is 9.97 Å². The zero-order valence-electron chi connectivity index (χ0n) is 13.9. The lowest BCUT2D eigenvalue weighted by Crippen LogP contribution is -2.54. The molecule has 1 aliphatic rings. The predicted molar refractivity (Wildman–Crippen MR) is 87.2 cm³/mol. The number of amides is 1. The van der Waals surface area contributed by atoms with Crippen LogP contribution in [0.25, 0.3) is 11.2 Å². The van der Waals surface area contributed by atoms with Crippen molar-refractivity contribution < 1.29 is 9.90 Å². The summed E-state index contributed by atoms with van der Waals surface area (Å²) in [6.07, 6.45) is 4.79. The second-order valence-electron chi connectivity index (χ2n) is 6.71. The van der Waals surface area contributed by atoms with Crippen LogP contribution in [0, 0.1) is 0 Å². The Balaban J connectivity index is 1.80. The summed E-state index contributed by atoms with van der Waals surface area (Å²) in [4.78, 5) is 25.0. The van der Waals surface area contributed by atoms with Crippen LogP contribution in [-0.4, -0.2) is 74.7 Å². The lowest BCUT2D eigenvalue weighted by atomic mass is 9.92. The van der Waals surface area contributed by atoms with Gasteiger partial charge < -0.3 is 19.5 Å². The first-order valence-corrected chi connectivity index (χ1v) is 7.81. The molecule has 1 atom stereocenters. The molecule has 3 rings (SSSR count). The monoisotopic (exact) mass is 317 g/mol. The van der Waals surface area contributed by atoms with Gasteiger partial charge >= 0.3 is 0 Å². The molecule has 1 fully saturated rings. The minimum atomic E-state index is -0.847. The maximum atomic E-state index is 12.8. The SMILES string of the molecule is CN(C)C[C@@]1(O)CCCN(C(=O)c2cnc3c(c2)ncn3C)C1. The summed E-state index contributed by atoms with van der Waals surface area (Å²) < 4.78 is 1.82. The van der Waals surface area contributed by atoms with Gasteiger partial charge in [0.2, 0.25) is 0 Å². The highest BCUT2D eigenvalue weighted by Crippen LogP contribution is 2.23. The molecule has 7 nitrogen and oxygen atoms in total. The summed E-state index contributed by atoms with van der Waals surface area (Å²) in [5, 5.41) is 10.7. The molecule has 0 unspecified atom stereocenters. The van der Waals surface area contributed by atoms with Crippen LogP contribution in [0.15, 0.2) is 18.6 Å². The maximum Gasteiger partial charge on any atom is 0.255 e. The van der Waals surface area contributed by atoms with E-state index in [0.29, 0.717) is 37.1 Å². The predicted octanol–water partition coefficient (Wildman–Crippen LogP) is 0.497. The van der Waals surface area contributed by atoms with Gasteiger partial charge in [-0.05, 0) is 33.0 Å². The van der Waals surface area contributed by atoms with Crippen molar-refractivity contribution in [2.45, 2.75) is 18.4 Å². The average molecular weight is 317 g/mol. The number of aryl methyl sites for hydroxylation is 1. The topological polar surface area (TPSA) is 74.5 Å². The summed E-state index contributed by atoms with van der Waals surface area (Å²) in [6, 6.07) is 1.77. The fraction of sp³-hybridized carbons (Fsp3) is 0.562. The summed E-state index contributed by atoms with van der Waals surface area (Å²) in [5.74, 6) is -0.0954. The van der Waals surface area contributed by atoms with Crippen molar-refractivity contribution >= 4 is 17.1 Å². The van der Waals surface area contributed by atoms with Crippen LogP contribution in [0.5, 0.6) is 0 Å². The average Bonchev–Trinajstić information content (AvgIpc) is 2.86. The van der Waals surface area contributed by atoms with E-state index in [0.717, 1.165) is 12.1 Å². The normalized spacial score (nSPS) is 22.0. The highest BCUT2D eigenvalue weighted by molar-refractivity contribution is 5.96. The zero-order valence-corrected chi connectivity index (χ0v) is 13.9. The van der Waals surface area contributed by atoms with Gasteiger partial charge in [0.15, 0.2) is 5.65 Å². The maximum absolute atomic E-state index is 12.8. The number of likely N-dealkylation sites (N-methyl/N-ethyl adjacent to an activating group) is 1. The van der Waals surface area contributed by atoms with E-state index in [1.54, 1.807) is 23.5 Å². The number of piperidine rings is 1. The van der Waals surface area contributed by atoms with Crippen LogP contribution in [-0.2, 0) is 7.05 Å². The Bertz CT molecular complexity index is 726. The number of pyridine rings is 1. The summed E-state index contributed by atoms with van der Waals surface area (Å²) in [5.41, 5.74) is 1.13. The first-order chi connectivity index (χ1) is 10.9. The molecule has 1 saturated heterocycles. The fourth-order valence-corrected chi connectivity index (χ4v) is 3.32. The molecule has 23 heavy (non-hydrogen) atoms. The van der Waals surface area contributed by atoms with Gasteiger partial charge in [-0.3, -0.25) is 4.79 Å². The number of nitrogens with zero attached hydrogens (tertiary/aromatic N) is 5. The second-order valence-corrected chi connectivity index (χ2v) is 6.71. The number of hydrogen-bond acceptors (Lipinski definition) is 5. The van der Waals surface area contributed by atoms with E-state index >= 15 is 0 Å². The van der Waals surface area contributed by atoms with Gasteiger partial charge in [-0.15, -0.1) is 0 Å². The molecule has 7 heteroatoms. The molecule has 0 saturated carbocycles. The number of β-amino-alcohol motifs (C(OH)–C–C–N with tert-alkyl or cyclic N) is 1. The Morgan fingerprint density at radius 2 is 2.22 bits per heavy atom. The van der Waals surface area contributed by atoms with E-state index < -0.39 is 5.60 Å². The van der Waals surface area contributed by atoms with Crippen LogP contribution in [0.1, 0.15) is 23.2 Å². The Morgan fingerprint density at radius 1 is 1.43 bits per heavy atom. The Hall–Kier alpha value is -1.99. The van der Waals surface area contributed by atoms with Crippen molar-refractivity contribution in [3.05, 3.63) is 24.2 Å². The van der Waals surface area contributed by atoms with Crippen molar-refractivity contribution in [2.75, 3.05) is 33.7 Å². The van der Waals surface area contributed by atoms with Crippen LogP contribution >= 0.6 is 0 Å². The largest absolute Gasteiger partial charge is 0.387 e. The van der Waals surface area contributed by atoms with E-state index in [-0.39, 0.29) is 5.91 Å². The van der Waals surface area contributed by atoms with Crippen molar-refractivity contribution in [3.8, 4) is 0 Å².